The van der Waals surface area contributed by atoms with Gasteiger partial charge < -0.3 is 5.32 Å². The molecule has 0 spiro atoms. The molecule has 0 fully saturated rings. The topological polar surface area (TPSA) is 42.0 Å². The second kappa shape index (κ2) is 6.26. The number of carbonyl (C=O) groups excluding carboxylic acids is 1. The first kappa shape index (κ1) is 12.7. The van der Waals surface area contributed by atoms with E-state index < -0.39 is 0 Å². The van der Waals surface area contributed by atoms with Gasteiger partial charge in [0, 0.05) is 18.9 Å². The first-order valence-electron chi connectivity index (χ1n) is 5.75. The van der Waals surface area contributed by atoms with Crippen LogP contribution in [-0.4, -0.2) is 17.4 Å². The van der Waals surface area contributed by atoms with Gasteiger partial charge in [-0.05, 0) is 29.5 Å². The highest BCUT2D eigenvalue weighted by Crippen LogP contribution is 2.07. The fraction of sp³-hybridized carbons (Fsp3) is 0.538. The van der Waals surface area contributed by atoms with Crippen molar-refractivity contribution in [3.63, 3.8) is 0 Å². The summed E-state index contributed by atoms with van der Waals surface area (Å²) in [4.78, 5) is 15.5. The van der Waals surface area contributed by atoms with E-state index in [4.69, 9.17) is 0 Å². The Labute approximate surface area is 97.3 Å². The van der Waals surface area contributed by atoms with Crippen LogP contribution in [0.5, 0.6) is 0 Å². The fourth-order valence-corrected chi connectivity index (χ4v) is 1.26. The first-order valence-corrected chi connectivity index (χ1v) is 5.75. The molecule has 0 radical (unpaired) electrons. The van der Waals surface area contributed by atoms with Crippen molar-refractivity contribution in [2.24, 2.45) is 11.8 Å². The van der Waals surface area contributed by atoms with Crippen molar-refractivity contribution >= 4 is 5.91 Å². The van der Waals surface area contributed by atoms with Crippen LogP contribution in [0.2, 0.25) is 0 Å². The highest BCUT2D eigenvalue weighted by Gasteiger charge is 2.09. The van der Waals surface area contributed by atoms with E-state index in [1.165, 1.54) is 0 Å². The molecular formula is C13H20N2O. The van der Waals surface area contributed by atoms with Crippen LogP contribution in [0.4, 0.5) is 0 Å². The molecule has 0 aliphatic carbocycles. The summed E-state index contributed by atoms with van der Waals surface area (Å²) in [5, 5.41) is 2.95. The predicted molar refractivity (Wildman–Crippen MR) is 65.0 cm³/mol. The number of nitrogens with one attached hydrogen (secondary N) is 1. The van der Waals surface area contributed by atoms with Crippen molar-refractivity contribution in [3.05, 3.63) is 30.1 Å². The number of rotatable bonds is 5. The van der Waals surface area contributed by atoms with Gasteiger partial charge in [-0.2, -0.15) is 0 Å². The monoisotopic (exact) mass is 220 g/mol. The molecular weight excluding hydrogens is 200 g/mol. The van der Waals surface area contributed by atoms with Gasteiger partial charge in [-0.25, -0.2) is 0 Å². The molecule has 0 aliphatic heterocycles. The molecule has 1 aromatic rings. The summed E-state index contributed by atoms with van der Waals surface area (Å²) in [6.07, 6.45) is 3.85. The minimum Gasteiger partial charge on any atom is -0.356 e. The molecule has 3 nitrogen and oxygen atoms in total. The molecule has 3 heteroatoms. The number of hydrogen-bond acceptors (Lipinski definition) is 2. The Balaban J connectivity index is 2.32. The van der Waals surface area contributed by atoms with Crippen LogP contribution in [0.3, 0.4) is 0 Å². The lowest BCUT2D eigenvalue weighted by Gasteiger charge is -2.15. The molecule has 0 aliphatic rings. The summed E-state index contributed by atoms with van der Waals surface area (Å²) in [7, 11) is 0. The van der Waals surface area contributed by atoms with Gasteiger partial charge in [0.1, 0.15) is 0 Å². The zero-order valence-electron chi connectivity index (χ0n) is 10.2. The van der Waals surface area contributed by atoms with E-state index in [1.54, 1.807) is 12.4 Å². The molecule has 16 heavy (non-hydrogen) atoms. The minimum atomic E-state index is 0.0821. The lowest BCUT2D eigenvalue weighted by Crippen LogP contribution is -2.31. The van der Waals surface area contributed by atoms with E-state index in [0.717, 1.165) is 12.1 Å². The summed E-state index contributed by atoms with van der Waals surface area (Å²) >= 11 is 0. The largest absolute Gasteiger partial charge is 0.356 e. The Hall–Kier alpha value is -1.38. The Morgan fingerprint density at radius 1 is 1.31 bits per heavy atom. The van der Waals surface area contributed by atoms with Crippen LogP contribution < -0.4 is 5.32 Å². The van der Waals surface area contributed by atoms with E-state index in [1.807, 2.05) is 12.1 Å². The van der Waals surface area contributed by atoms with E-state index in [9.17, 15) is 4.79 Å². The molecule has 1 atom stereocenters. The number of nitrogens with zero attached hydrogens (tertiary/aromatic N) is 1. The third-order valence-electron chi connectivity index (χ3n) is 2.87. The molecule has 0 unspecified atom stereocenters. The Bertz CT molecular complexity index is 322. The maximum absolute atomic E-state index is 11.6. The van der Waals surface area contributed by atoms with Gasteiger partial charge in [-0.1, -0.05) is 20.8 Å². The minimum absolute atomic E-state index is 0.0821. The summed E-state index contributed by atoms with van der Waals surface area (Å²) in [5.41, 5.74) is 1.00. The number of carbonyl (C=O) groups is 1. The quantitative estimate of drug-likeness (QED) is 0.825. The Morgan fingerprint density at radius 3 is 2.50 bits per heavy atom. The van der Waals surface area contributed by atoms with Gasteiger partial charge in [0.25, 0.3) is 0 Å². The number of aromatic nitrogens is 1. The standard InChI is InChI=1S/C13H20N2O/c1-10(2)11(3)9-15-13(16)8-12-4-6-14-7-5-12/h4-7,10-11H,8-9H2,1-3H3,(H,15,16)/t11-/m0/s1. The smallest absolute Gasteiger partial charge is 0.224 e. The van der Waals surface area contributed by atoms with Crippen molar-refractivity contribution in [3.8, 4) is 0 Å². The third-order valence-corrected chi connectivity index (χ3v) is 2.87. The number of hydrogen-bond donors (Lipinski definition) is 1. The SMILES string of the molecule is CC(C)[C@@H](C)CNC(=O)Cc1ccncc1. The fourth-order valence-electron chi connectivity index (χ4n) is 1.26. The van der Waals surface area contributed by atoms with Crippen LogP contribution in [0.15, 0.2) is 24.5 Å². The van der Waals surface area contributed by atoms with Gasteiger partial charge >= 0.3 is 0 Å². The lowest BCUT2D eigenvalue weighted by atomic mass is 9.98. The zero-order valence-corrected chi connectivity index (χ0v) is 10.2. The van der Waals surface area contributed by atoms with Gasteiger partial charge in [0.15, 0.2) is 0 Å². The van der Waals surface area contributed by atoms with Crippen molar-refractivity contribution in [2.75, 3.05) is 6.54 Å². The number of pyridine rings is 1. The molecule has 0 aromatic carbocycles. The summed E-state index contributed by atoms with van der Waals surface area (Å²) in [6, 6.07) is 3.73. The highest BCUT2D eigenvalue weighted by molar-refractivity contribution is 5.78. The van der Waals surface area contributed by atoms with Crippen molar-refractivity contribution in [2.45, 2.75) is 27.2 Å². The van der Waals surface area contributed by atoms with Gasteiger partial charge in [0.05, 0.1) is 6.42 Å². The normalized spacial score (nSPS) is 12.5. The maximum Gasteiger partial charge on any atom is 0.224 e. The van der Waals surface area contributed by atoms with Gasteiger partial charge in [-0.3, -0.25) is 9.78 Å². The van der Waals surface area contributed by atoms with E-state index in [-0.39, 0.29) is 5.91 Å². The molecule has 1 amide bonds. The van der Waals surface area contributed by atoms with E-state index >= 15 is 0 Å². The average Bonchev–Trinajstić information content (AvgIpc) is 2.27. The van der Waals surface area contributed by atoms with Crippen LogP contribution in [0.1, 0.15) is 26.3 Å². The van der Waals surface area contributed by atoms with Crippen LogP contribution in [-0.2, 0) is 11.2 Å². The second-order valence-electron chi connectivity index (χ2n) is 4.56. The summed E-state index contributed by atoms with van der Waals surface area (Å²) in [5.74, 6) is 1.20. The van der Waals surface area contributed by atoms with Crippen molar-refractivity contribution in [1.82, 2.24) is 10.3 Å². The van der Waals surface area contributed by atoms with Gasteiger partial charge in [0.2, 0.25) is 5.91 Å². The Morgan fingerprint density at radius 2 is 1.94 bits per heavy atom. The predicted octanol–water partition coefficient (Wildman–Crippen LogP) is 2.03. The third kappa shape index (κ3) is 4.43. The van der Waals surface area contributed by atoms with Crippen molar-refractivity contribution in [1.29, 1.82) is 0 Å². The molecule has 1 N–H and O–H groups in total. The molecule has 0 saturated carbocycles. The molecule has 0 saturated heterocycles. The van der Waals surface area contributed by atoms with Crippen molar-refractivity contribution < 1.29 is 4.79 Å². The van der Waals surface area contributed by atoms with E-state index in [2.05, 4.69) is 31.1 Å². The van der Waals surface area contributed by atoms with Crippen LogP contribution in [0.25, 0.3) is 0 Å². The molecule has 1 heterocycles. The number of amides is 1. The maximum atomic E-state index is 11.6. The highest BCUT2D eigenvalue weighted by atomic mass is 16.1. The average molecular weight is 220 g/mol. The van der Waals surface area contributed by atoms with Crippen LogP contribution in [0, 0.1) is 11.8 Å². The Kier molecular flexibility index (Phi) is 4.96. The van der Waals surface area contributed by atoms with E-state index in [0.29, 0.717) is 18.3 Å². The molecule has 1 rings (SSSR count). The molecule has 88 valence electrons. The molecule has 0 bridgehead atoms. The van der Waals surface area contributed by atoms with Crippen LogP contribution >= 0.6 is 0 Å². The first-order chi connectivity index (χ1) is 7.59. The molecule has 1 aromatic heterocycles. The summed E-state index contributed by atoms with van der Waals surface area (Å²) < 4.78 is 0. The zero-order chi connectivity index (χ0) is 12.0. The van der Waals surface area contributed by atoms with Gasteiger partial charge in [-0.15, -0.1) is 0 Å². The summed E-state index contributed by atoms with van der Waals surface area (Å²) in [6.45, 7) is 7.23. The second-order valence-corrected chi connectivity index (χ2v) is 4.56. The lowest BCUT2D eigenvalue weighted by molar-refractivity contribution is -0.120.